The van der Waals surface area contributed by atoms with Gasteiger partial charge in [0, 0.05) is 0 Å². The van der Waals surface area contributed by atoms with Crippen molar-refractivity contribution in [3.05, 3.63) is 12.2 Å². The molecule has 0 N–H and O–H groups in total. The van der Waals surface area contributed by atoms with Gasteiger partial charge in [0.15, 0.2) is 0 Å². The van der Waals surface area contributed by atoms with E-state index in [-0.39, 0.29) is 0 Å². The third kappa shape index (κ3) is 10.3. The van der Waals surface area contributed by atoms with Crippen LogP contribution in [0.2, 0.25) is 17.7 Å². The van der Waals surface area contributed by atoms with Crippen molar-refractivity contribution in [2.75, 3.05) is 0 Å². The van der Waals surface area contributed by atoms with Crippen LogP contribution in [-0.2, 0) is 0 Å². The van der Waals surface area contributed by atoms with E-state index in [1.807, 2.05) is 0 Å². The first-order valence-electron chi connectivity index (χ1n) is 9.39. The molecular weight excluding hydrogens is 347 g/mol. The molecule has 1 heteroatoms. The van der Waals surface area contributed by atoms with Gasteiger partial charge < -0.3 is 0 Å². The molecule has 120 valence electrons. The van der Waals surface area contributed by atoms with Crippen molar-refractivity contribution in [2.24, 2.45) is 0 Å². The Bertz CT molecular complexity index is 198. The van der Waals surface area contributed by atoms with Gasteiger partial charge in [-0.15, -0.1) is 0 Å². The average Bonchev–Trinajstić information content (AvgIpc) is 2.48. The van der Waals surface area contributed by atoms with E-state index in [4.69, 9.17) is 0 Å². The summed E-state index contributed by atoms with van der Waals surface area (Å²) < 4.78 is 6.51. The van der Waals surface area contributed by atoms with Crippen molar-refractivity contribution in [1.29, 1.82) is 0 Å². The molecule has 0 aromatic heterocycles. The summed E-state index contributed by atoms with van der Waals surface area (Å²) >= 11 is -1.84. The Morgan fingerprint density at radius 2 is 1.05 bits per heavy atom. The molecule has 0 fully saturated rings. The number of unbranched alkanes of at least 4 members (excludes halogenated alkanes) is 5. The number of allylic oxidation sites excluding steroid dienone is 2. The van der Waals surface area contributed by atoms with E-state index in [1.54, 1.807) is 17.7 Å². The molecule has 0 aromatic carbocycles. The van der Waals surface area contributed by atoms with E-state index in [0.29, 0.717) is 0 Å². The minimum atomic E-state index is -1.84. The van der Waals surface area contributed by atoms with Crippen LogP contribution in [0, 0.1) is 0 Å². The van der Waals surface area contributed by atoms with Gasteiger partial charge in [0.2, 0.25) is 0 Å². The van der Waals surface area contributed by atoms with Crippen molar-refractivity contribution in [1.82, 2.24) is 0 Å². The van der Waals surface area contributed by atoms with Gasteiger partial charge in [0.1, 0.15) is 0 Å². The van der Waals surface area contributed by atoms with Gasteiger partial charge in [-0.2, -0.15) is 0 Å². The van der Waals surface area contributed by atoms with Gasteiger partial charge in [0.25, 0.3) is 0 Å². The summed E-state index contributed by atoms with van der Waals surface area (Å²) in [5, 5.41) is 0. The topological polar surface area (TPSA) is 0 Å². The Labute approximate surface area is 133 Å². The van der Waals surface area contributed by atoms with E-state index in [9.17, 15) is 0 Å². The fourth-order valence-electron chi connectivity index (χ4n) is 3.11. The Kier molecular flexibility index (Phi) is 14.9. The molecule has 0 aliphatic carbocycles. The zero-order valence-electron chi connectivity index (χ0n) is 14.8. The van der Waals surface area contributed by atoms with Crippen LogP contribution in [0.1, 0.15) is 85.5 Å². The fourth-order valence-corrected chi connectivity index (χ4v) is 18.3. The molecule has 0 aliphatic heterocycles. The summed E-state index contributed by atoms with van der Waals surface area (Å²) in [5.41, 5.74) is 0. The molecule has 0 heterocycles. The Balaban J connectivity index is 4.52. The predicted octanol–water partition coefficient (Wildman–Crippen LogP) is 7.58. The third-order valence-electron chi connectivity index (χ3n) is 4.62. The molecule has 0 atom stereocenters. The summed E-state index contributed by atoms with van der Waals surface area (Å²) in [6.45, 7) is 9.40. The van der Waals surface area contributed by atoms with Crippen LogP contribution in [-0.4, -0.2) is 18.4 Å². The number of hydrogen-bond acceptors (Lipinski definition) is 0. The summed E-state index contributed by atoms with van der Waals surface area (Å²) in [5.74, 6) is 0. The van der Waals surface area contributed by atoms with Gasteiger partial charge in [-0.3, -0.25) is 0 Å². The van der Waals surface area contributed by atoms with E-state index in [1.165, 1.54) is 57.8 Å². The molecule has 0 rings (SSSR count). The monoisotopic (exact) mass is 388 g/mol. The van der Waals surface area contributed by atoms with Gasteiger partial charge in [-0.1, -0.05) is 0 Å². The molecule has 0 bridgehead atoms. The predicted molar refractivity (Wildman–Crippen MR) is 98.4 cm³/mol. The Hall–Kier alpha value is 0.539. The molecule has 0 unspecified atom stereocenters. The van der Waals surface area contributed by atoms with Crippen molar-refractivity contribution in [3.8, 4) is 0 Å². The van der Waals surface area contributed by atoms with E-state index in [0.717, 1.165) is 0 Å². The molecule has 0 amide bonds. The van der Waals surface area contributed by atoms with Crippen molar-refractivity contribution >= 4 is 18.4 Å². The summed E-state index contributed by atoms with van der Waals surface area (Å²) in [7, 11) is 0. The SMILES string of the molecule is CCCC/C=C/[CH2][Sn]([CH2]CCC)([CH2]CCC)[CH2]CCC. The molecule has 20 heavy (non-hydrogen) atoms. The fraction of sp³-hybridized carbons (Fsp3) is 0.895. The van der Waals surface area contributed by atoms with Gasteiger partial charge in [-0.25, -0.2) is 0 Å². The number of rotatable bonds is 14. The van der Waals surface area contributed by atoms with Crippen LogP contribution >= 0.6 is 0 Å². The molecule has 0 saturated carbocycles. The van der Waals surface area contributed by atoms with Crippen molar-refractivity contribution in [3.63, 3.8) is 0 Å². The minimum absolute atomic E-state index is 1.31. The molecule has 0 nitrogen and oxygen atoms in total. The van der Waals surface area contributed by atoms with Gasteiger partial charge in [0.05, 0.1) is 0 Å². The quantitative estimate of drug-likeness (QED) is 0.164. The van der Waals surface area contributed by atoms with Crippen LogP contribution in [0.25, 0.3) is 0 Å². The first kappa shape index (κ1) is 20.5. The van der Waals surface area contributed by atoms with Crippen LogP contribution < -0.4 is 0 Å². The summed E-state index contributed by atoms with van der Waals surface area (Å²) in [6, 6.07) is 0. The van der Waals surface area contributed by atoms with E-state index < -0.39 is 18.4 Å². The normalized spacial score (nSPS) is 12.4. The van der Waals surface area contributed by atoms with Crippen LogP contribution in [0.15, 0.2) is 12.2 Å². The molecule has 0 saturated heterocycles. The van der Waals surface area contributed by atoms with Crippen LogP contribution in [0.3, 0.4) is 0 Å². The second kappa shape index (κ2) is 14.5. The molecular formula is C19H40Sn. The zero-order chi connectivity index (χ0) is 15.1. The summed E-state index contributed by atoms with van der Waals surface area (Å²) in [4.78, 5) is 0. The molecule has 0 aromatic rings. The van der Waals surface area contributed by atoms with Crippen LogP contribution in [0.4, 0.5) is 0 Å². The Morgan fingerprint density at radius 3 is 1.45 bits per heavy atom. The van der Waals surface area contributed by atoms with Crippen molar-refractivity contribution in [2.45, 2.75) is 103 Å². The van der Waals surface area contributed by atoms with Gasteiger partial charge >= 0.3 is 134 Å². The molecule has 0 aliphatic rings. The van der Waals surface area contributed by atoms with E-state index >= 15 is 0 Å². The summed E-state index contributed by atoms with van der Waals surface area (Å²) in [6.07, 6.45) is 17.8. The van der Waals surface area contributed by atoms with Crippen LogP contribution in [0.5, 0.6) is 0 Å². The Morgan fingerprint density at radius 1 is 0.600 bits per heavy atom. The second-order valence-corrected chi connectivity index (χ2v) is 20.6. The van der Waals surface area contributed by atoms with E-state index in [2.05, 4.69) is 39.8 Å². The van der Waals surface area contributed by atoms with Crippen molar-refractivity contribution < 1.29 is 0 Å². The average molecular weight is 387 g/mol. The standard InChI is InChI=1S/C7H13.3C4H9.Sn/c1-3-5-7-6-4-2;3*1-3-4-2;/h3,5H,1,4,6-7H2,2H3;3*1,3-4H2,2H3;/b5-3+;;;;. The zero-order valence-corrected chi connectivity index (χ0v) is 17.7. The first-order chi connectivity index (χ1) is 9.74. The van der Waals surface area contributed by atoms with Gasteiger partial charge in [-0.05, 0) is 0 Å². The maximum absolute atomic E-state index is 2.60. The molecule has 0 radical (unpaired) electrons. The number of hydrogen-bond donors (Lipinski definition) is 0. The maximum atomic E-state index is 2.60. The first-order valence-corrected chi connectivity index (χ1v) is 17.5. The second-order valence-electron chi connectivity index (χ2n) is 6.63. The third-order valence-corrected chi connectivity index (χ3v) is 19.9. The molecule has 0 spiro atoms.